The zero-order valence-corrected chi connectivity index (χ0v) is 12.7. The summed E-state index contributed by atoms with van der Waals surface area (Å²) in [7, 11) is 1.51. The van der Waals surface area contributed by atoms with E-state index >= 15 is 0 Å². The van der Waals surface area contributed by atoms with Gasteiger partial charge in [0, 0.05) is 26.3 Å². The summed E-state index contributed by atoms with van der Waals surface area (Å²) < 4.78 is 6.55. The van der Waals surface area contributed by atoms with E-state index in [9.17, 15) is 9.59 Å². The number of nitrogens with zero attached hydrogens (tertiary/aromatic N) is 2. The normalized spacial score (nSPS) is 10.5. The van der Waals surface area contributed by atoms with E-state index in [0.29, 0.717) is 19.8 Å². The fourth-order valence-corrected chi connectivity index (χ4v) is 1.97. The van der Waals surface area contributed by atoms with Crippen LogP contribution in [0.25, 0.3) is 0 Å². The molecule has 2 aromatic rings. The summed E-state index contributed by atoms with van der Waals surface area (Å²) in [4.78, 5) is 23.4. The molecule has 6 heteroatoms. The first-order valence-corrected chi connectivity index (χ1v) is 7.09. The molecule has 0 bridgehead atoms. The molecule has 0 spiro atoms. The molecule has 0 fully saturated rings. The van der Waals surface area contributed by atoms with Crippen molar-refractivity contribution in [2.75, 3.05) is 6.61 Å². The molecular formula is C16H19N3O3. The van der Waals surface area contributed by atoms with Gasteiger partial charge in [0.2, 0.25) is 0 Å². The van der Waals surface area contributed by atoms with E-state index in [4.69, 9.17) is 4.74 Å². The van der Waals surface area contributed by atoms with Gasteiger partial charge in [-0.2, -0.15) is 5.10 Å². The Balaban J connectivity index is 2.04. The van der Waals surface area contributed by atoms with Crippen molar-refractivity contribution in [3.63, 3.8) is 0 Å². The first-order valence-electron chi connectivity index (χ1n) is 7.09. The number of carbonyl (C=O) groups excluding carboxylic acids is 1. The maximum atomic E-state index is 12.1. The summed E-state index contributed by atoms with van der Waals surface area (Å²) in [6.07, 6.45) is 0. The summed E-state index contributed by atoms with van der Waals surface area (Å²) in [5.74, 6) is -0.318. The van der Waals surface area contributed by atoms with Crippen molar-refractivity contribution in [2.45, 2.75) is 20.1 Å². The molecule has 0 saturated carbocycles. The second kappa shape index (κ2) is 7.51. The molecule has 2 rings (SSSR count). The largest absolute Gasteiger partial charge is 0.377 e. The number of nitrogens with one attached hydrogen (secondary N) is 1. The highest BCUT2D eigenvalue weighted by molar-refractivity contribution is 5.91. The van der Waals surface area contributed by atoms with Gasteiger partial charge in [-0.1, -0.05) is 24.3 Å². The molecule has 1 amide bonds. The molecule has 22 heavy (non-hydrogen) atoms. The van der Waals surface area contributed by atoms with Gasteiger partial charge < -0.3 is 10.1 Å². The van der Waals surface area contributed by atoms with Crippen molar-refractivity contribution in [3.8, 4) is 0 Å². The minimum atomic E-state index is -0.318. The standard InChI is InChI=1S/C16H19N3O3/c1-3-22-11-13-7-5-4-6-12(13)10-17-16(21)14-8-9-15(20)19(2)18-14/h4-9H,3,10-11H2,1-2H3,(H,17,21). The molecule has 116 valence electrons. The van der Waals surface area contributed by atoms with Crippen LogP contribution < -0.4 is 10.9 Å². The molecule has 0 aliphatic heterocycles. The Kier molecular flexibility index (Phi) is 5.43. The number of aromatic nitrogens is 2. The number of rotatable bonds is 6. The van der Waals surface area contributed by atoms with Gasteiger partial charge in [0.05, 0.1) is 6.61 Å². The molecule has 1 heterocycles. The first-order chi connectivity index (χ1) is 10.6. The van der Waals surface area contributed by atoms with Crippen molar-refractivity contribution in [1.82, 2.24) is 15.1 Å². The van der Waals surface area contributed by atoms with Gasteiger partial charge in [-0.05, 0) is 24.1 Å². The maximum Gasteiger partial charge on any atom is 0.271 e. The quantitative estimate of drug-likeness (QED) is 0.871. The number of ether oxygens (including phenoxy) is 1. The van der Waals surface area contributed by atoms with Crippen LogP contribution in [0.5, 0.6) is 0 Å². The lowest BCUT2D eigenvalue weighted by Gasteiger charge is -2.10. The number of hydrogen-bond donors (Lipinski definition) is 1. The zero-order valence-electron chi connectivity index (χ0n) is 12.7. The van der Waals surface area contributed by atoms with Crippen LogP contribution in [-0.4, -0.2) is 22.3 Å². The van der Waals surface area contributed by atoms with Crippen molar-refractivity contribution in [3.05, 3.63) is 63.6 Å². The van der Waals surface area contributed by atoms with Gasteiger partial charge in [0.15, 0.2) is 0 Å². The third-order valence-corrected chi connectivity index (χ3v) is 3.21. The lowest BCUT2D eigenvalue weighted by Crippen LogP contribution is -2.28. The van der Waals surface area contributed by atoms with Crippen LogP contribution in [0.15, 0.2) is 41.2 Å². The summed E-state index contributed by atoms with van der Waals surface area (Å²) in [6.45, 7) is 3.48. The predicted molar refractivity (Wildman–Crippen MR) is 82.4 cm³/mol. The average Bonchev–Trinajstić information content (AvgIpc) is 2.54. The average molecular weight is 301 g/mol. The van der Waals surface area contributed by atoms with E-state index in [1.165, 1.54) is 19.2 Å². The molecular weight excluding hydrogens is 282 g/mol. The van der Waals surface area contributed by atoms with Gasteiger partial charge in [0.25, 0.3) is 11.5 Å². The fourth-order valence-electron chi connectivity index (χ4n) is 1.97. The van der Waals surface area contributed by atoms with Crippen LogP contribution in [0.4, 0.5) is 0 Å². The Hall–Kier alpha value is -2.47. The Morgan fingerprint density at radius 2 is 1.95 bits per heavy atom. The first kappa shape index (κ1) is 15.9. The van der Waals surface area contributed by atoms with Gasteiger partial charge in [-0.25, -0.2) is 4.68 Å². The monoisotopic (exact) mass is 301 g/mol. The lowest BCUT2D eigenvalue weighted by molar-refractivity contribution is 0.0942. The van der Waals surface area contributed by atoms with Crippen molar-refractivity contribution in [2.24, 2.45) is 7.05 Å². The summed E-state index contributed by atoms with van der Waals surface area (Å²) in [5, 5.41) is 6.73. The van der Waals surface area contributed by atoms with Crippen LogP contribution in [0.1, 0.15) is 28.5 Å². The third kappa shape index (κ3) is 4.02. The minimum Gasteiger partial charge on any atom is -0.377 e. The highest BCUT2D eigenvalue weighted by Crippen LogP contribution is 2.10. The molecule has 0 aliphatic rings. The molecule has 1 aromatic carbocycles. The lowest BCUT2D eigenvalue weighted by atomic mass is 10.1. The number of carbonyl (C=O) groups is 1. The third-order valence-electron chi connectivity index (χ3n) is 3.21. The second-order valence-corrected chi connectivity index (χ2v) is 4.77. The van der Waals surface area contributed by atoms with E-state index in [1.807, 2.05) is 31.2 Å². The van der Waals surface area contributed by atoms with Crippen molar-refractivity contribution < 1.29 is 9.53 Å². The van der Waals surface area contributed by atoms with Crippen LogP contribution in [0.3, 0.4) is 0 Å². The molecule has 0 aliphatic carbocycles. The zero-order chi connectivity index (χ0) is 15.9. The highest BCUT2D eigenvalue weighted by atomic mass is 16.5. The summed E-state index contributed by atoms with van der Waals surface area (Å²) in [5.41, 5.74) is 2.00. The van der Waals surface area contributed by atoms with E-state index < -0.39 is 0 Å². The van der Waals surface area contributed by atoms with Crippen molar-refractivity contribution in [1.29, 1.82) is 0 Å². The number of amides is 1. The van der Waals surface area contributed by atoms with E-state index in [2.05, 4.69) is 10.4 Å². The number of hydrogen-bond acceptors (Lipinski definition) is 4. The SMILES string of the molecule is CCOCc1ccccc1CNC(=O)c1ccc(=O)n(C)n1. The van der Waals surface area contributed by atoms with Crippen molar-refractivity contribution >= 4 is 5.91 Å². The fraction of sp³-hybridized carbons (Fsp3) is 0.312. The smallest absolute Gasteiger partial charge is 0.271 e. The predicted octanol–water partition coefficient (Wildman–Crippen LogP) is 1.25. The highest BCUT2D eigenvalue weighted by Gasteiger charge is 2.09. The summed E-state index contributed by atoms with van der Waals surface area (Å²) >= 11 is 0. The molecule has 1 N–H and O–H groups in total. The molecule has 0 saturated heterocycles. The minimum absolute atomic E-state index is 0.212. The summed E-state index contributed by atoms with van der Waals surface area (Å²) in [6, 6.07) is 10.5. The molecule has 1 aromatic heterocycles. The van der Waals surface area contributed by atoms with Crippen LogP contribution in [0, 0.1) is 0 Å². The van der Waals surface area contributed by atoms with Gasteiger partial charge in [-0.3, -0.25) is 9.59 Å². The van der Waals surface area contributed by atoms with E-state index in [0.717, 1.165) is 15.8 Å². The molecule has 0 unspecified atom stereocenters. The van der Waals surface area contributed by atoms with E-state index in [-0.39, 0.29) is 17.2 Å². The van der Waals surface area contributed by atoms with Gasteiger partial charge >= 0.3 is 0 Å². The molecule has 0 radical (unpaired) electrons. The van der Waals surface area contributed by atoms with Gasteiger partial charge in [0.1, 0.15) is 5.69 Å². The Morgan fingerprint density at radius 1 is 1.23 bits per heavy atom. The van der Waals surface area contributed by atoms with Crippen LogP contribution >= 0.6 is 0 Å². The topological polar surface area (TPSA) is 73.2 Å². The van der Waals surface area contributed by atoms with Crippen LogP contribution in [0.2, 0.25) is 0 Å². The number of benzene rings is 1. The Bertz CT molecular complexity index is 710. The maximum absolute atomic E-state index is 12.1. The molecule has 6 nitrogen and oxygen atoms in total. The molecule has 0 atom stereocenters. The van der Waals surface area contributed by atoms with Crippen LogP contribution in [-0.2, 0) is 24.9 Å². The second-order valence-electron chi connectivity index (χ2n) is 4.77. The Morgan fingerprint density at radius 3 is 2.64 bits per heavy atom. The Labute approximate surface area is 128 Å². The van der Waals surface area contributed by atoms with E-state index in [1.54, 1.807) is 0 Å². The number of aryl methyl sites for hydroxylation is 1. The van der Waals surface area contributed by atoms with Gasteiger partial charge in [-0.15, -0.1) is 0 Å².